The van der Waals surface area contributed by atoms with E-state index in [4.69, 9.17) is 0 Å². The number of thioether (sulfide) groups is 1. The molecular formula is C22H23NS2. The Morgan fingerprint density at radius 2 is 1.92 bits per heavy atom. The van der Waals surface area contributed by atoms with E-state index >= 15 is 0 Å². The van der Waals surface area contributed by atoms with E-state index < -0.39 is 0 Å². The smallest absolute Gasteiger partial charge is 0.0485 e. The highest BCUT2D eigenvalue weighted by Gasteiger charge is 2.15. The number of anilines is 1. The molecule has 0 radical (unpaired) electrons. The summed E-state index contributed by atoms with van der Waals surface area (Å²) < 4.78 is 0. The van der Waals surface area contributed by atoms with Gasteiger partial charge in [0.25, 0.3) is 0 Å². The van der Waals surface area contributed by atoms with Crippen LogP contribution in [0.3, 0.4) is 0 Å². The van der Waals surface area contributed by atoms with Crippen LogP contribution in [0.4, 0.5) is 5.69 Å². The second-order valence-electron chi connectivity index (χ2n) is 6.04. The number of fused-ring (bicyclic) bond motifs is 1. The minimum Gasteiger partial charge on any atom is -0.347 e. The van der Waals surface area contributed by atoms with Crippen LogP contribution in [0, 0.1) is 6.92 Å². The molecule has 0 N–H and O–H groups in total. The third-order valence-electron chi connectivity index (χ3n) is 4.17. The largest absolute Gasteiger partial charge is 0.347 e. The summed E-state index contributed by atoms with van der Waals surface area (Å²) in [6.45, 7) is 7.38. The number of thiol groups is 1. The first-order valence-corrected chi connectivity index (χ1v) is 9.93. The minimum absolute atomic E-state index is 0.902. The molecule has 0 saturated heterocycles. The van der Waals surface area contributed by atoms with Gasteiger partial charge in [-0.15, -0.1) is 0 Å². The maximum atomic E-state index is 4.33. The Hall–Kier alpha value is -1.84. The molecule has 25 heavy (non-hydrogen) atoms. The first kappa shape index (κ1) is 18.0. The molecule has 3 heteroatoms. The molecule has 1 heterocycles. The molecular weight excluding hydrogens is 342 g/mol. The summed E-state index contributed by atoms with van der Waals surface area (Å²) >= 11 is 6.06. The van der Waals surface area contributed by atoms with Gasteiger partial charge in [-0.2, -0.15) is 12.6 Å². The summed E-state index contributed by atoms with van der Waals surface area (Å²) in [6, 6.07) is 17.0. The van der Waals surface area contributed by atoms with Crippen molar-refractivity contribution < 1.29 is 0 Å². The second-order valence-corrected chi connectivity index (χ2v) is 7.65. The second kappa shape index (κ2) is 8.50. The fraction of sp³-hybridized carbons (Fsp3) is 0.182. The number of hydrogen-bond acceptors (Lipinski definition) is 3. The van der Waals surface area contributed by atoms with Crippen molar-refractivity contribution in [1.29, 1.82) is 0 Å². The van der Waals surface area contributed by atoms with Crippen molar-refractivity contribution in [2.24, 2.45) is 0 Å². The van der Waals surface area contributed by atoms with Gasteiger partial charge >= 0.3 is 0 Å². The van der Waals surface area contributed by atoms with E-state index in [2.05, 4.69) is 97.9 Å². The lowest BCUT2D eigenvalue weighted by Crippen LogP contribution is -2.21. The number of benzene rings is 2. The molecule has 0 aromatic heterocycles. The van der Waals surface area contributed by atoms with Crippen LogP contribution in [0.2, 0.25) is 0 Å². The molecule has 1 aliphatic heterocycles. The number of allylic oxidation sites excluding steroid dienone is 3. The summed E-state index contributed by atoms with van der Waals surface area (Å²) in [7, 11) is 0. The van der Waals surface area contributed by atoms with Crippen LogP contribution in [0.15, 0.2) is 83.3 Å². The Balaban J connectivity index is 1.84. The summed E-state index contributed by atoms with van der Waals surface area (Å²) in [5.74, 6) is 0.902. The van der Waals surface area contributed by atoms with Crippen molar-refractivity contribution >= 4 is 35.7 Å². The lowest BCUT2D eigenvalue weighted by Gasteiger charge is -2.27. The van der Waals surface area contributed by atoms with Gasteiger partial charge in [-0.05, 0) is 54.5 Å². The van der Waals surface area contributed by atoms with Crippen LogP contribution < -0.4 is 4.90 Å². The molecule has 1 nitrogen and oxygen atoms in total. The van der Waals surface area contributed by atoms with Gasteiger partial charge in [0.15, 0.2) is 0 Å². The van der Waals surface area contributed by atoms with E-state index in [1.165, 1.54) is 27.3 Å². The Morgan fingerprint density at radius 3 is 2.72 bits per heavy atom. The monoisotopic (exact) mass is 365 g/mol. The van der Waals surface area contributed by atoms with Crippen LogP contribution in [0.1, 0.15) is 17.5 Å². The van der Waals surface area contributed by atoms with Gasteiger partial charge in [0, 0.05) is 33.8 Å². The number of nitrogens with zero attached hydrogens (tertiary/aromatic N) is 1. The zero-order valence-electron chi connectivity index (χ0n) is 14.5. The molecule has 0 unspecified atom stereocenters. The van der Waals surface area contributed by atoms with Crippen molar-refractivity contribution in [3.8, 4) is 0 Å². The average Bonchev–Trinajstić information content (AvgIpc) is 2.63. The van der Waals surface area contributed by atoms with Gasteiger partial charge in [0.2, 0.25) is 0 Å². The first-order valence-electron chi connectivity index (χ1n) is 8.48. The molecule has 0 spiro atoms. The summed E-state index contributed by atoms with van der Waals surface area (Å²) in [6.07, 6.45) is 7.60. The predicted molar refractivity (Wildman–Crippen MR) is 116 cm³/mol. The fourth-order valence-corrected chi connectivity index (χ4v) is 3.87. The highest BCUT2D eigenvalue weighted by atomic mass is 32.2. The van der Waals surface area contributed by atoms with E-state index in [1.807, 2.05) is 0 Å². The van der Waals surface area contributed by atoms with Crippen molar-refractivity contribution in [3.63, 3.8) is 0 Å². The predicted octanol–water partition coefficient (Wildman–Crippen LogP) is 6.34. The number of rotatable bonds is 6. The van der Waals surface area contributed by atoms with Gasteiger partial charge < -0.3 is 4.90 Å². The maximum absolute atomic E-state index is 4.33. The average molecular weight is 366 g/mol. The van der Waals surface area contributed by atoms with Crippen LogP contribution >= 0.6 is 24.4 Å². The molecule has 0 saturated carbocycles. The zero-order valence-corrected chi connectivity index (χ0v) is 16.2. The lowest BCUT2D eigenvalue weighted by atomic mass is 9.99. The molecule has 0 atom stereocenters. The molecule has 128 valence electrons. The van der Waals surface area contributed by atoms with Gasteiger partial charge in [0.1, 0.15) is 0 Å². The molecule has 2 aromatic rings. The maximum Gasteiger partial charge on any atom is 0.0485 e. The van der Waals surface area contributed by atoms with Gasteiger partial charge in [-0.25, -0.2) is 0 Å². The SMILES string of the molecule is C=C(/C=C1\C=CN(CCCS)c2ccccc21)Sc1ccccc1C. The van der Waals surface area contributed by atoms with Crippen molar-refractivity contribution in [2.75, 3.05) is 17.2 Å². The quantitative estimate of drug-likeness (QED) is 0.470. The molecule has 0 bridgehead atoms. The Labute approximate surface area is 160 Å². The Kier molecular flexibility index (Phi) is 6.11. The lowest BCUT2D eigenvalue weighted by molar-refractivity contribution is 0.886. The normalized spacial score (nSPS) is 14.6. The van der Waals surface area contributed by atoms with Crippen LogP contribution in [0.5, 0.6) is 0 Å². The Bertz CT molecular complexity index is 820. The van der Waals surface area contributed by atoms with Crippen molar-refractivity contribution in [2.45, 2.75) is 18.2 Å². The number of hydrogen-bond donors (Lipinski definition) is 1. The molecule has 0 amide bonds. The van der Waals surface area contributed by atoms with E-state index in [0.29, 0.717) is 0 Å². The van der Waals surface area contributed by atoms with Crippen molar-refractivity contribution in [3.05, 3.63) is 89.5 Å². The summed E-state index contributed by atoms with van der Waals surface area (Å²) in [4.78, 5) is 4.61. The molecule has 2 aromatic carbocycles. The van der Waals surface area contributed by atoms with E-state index in [0.717, 1.165) is 23.6 Å². The molecule has 0 fully saturated rings. The van der Waals surface area contributed by atoms with Gasteiger partial charge in [-0.1, -0.05) is 54.7 Å². The topological polar surface area (TPSA) is 3.24 Å². The third kappa shape index (κ3) is 4.42. The zero-order chi connectivity index (χ0) is 17.6. The van der Waals surface area contributed by atoms with E-state index in [1.54, 1.807) is 11.8 Å². The highest BCUT2D eigenvalue weighted by molar-refractivity contribution is 8.03. The standard InChI is InChI=1S/C22H23NS2/c1-17-8-3-6-11-22(17)25-18(2)16-19-12-14-23(13-7-15-24)21-10-5-4-9-20(19)21/h3-6,8-12,14,16,24H,2,7,13,15H2,1H3/b19-16+. The van der Waals surface area contributed by atoms with Gasteiger partial charge in [-0.3, -0.25) is 0 Å². The number of para-hydroxylation sites is 1. The third-order valence-corrected chi connectivity index (χ3v) is 5.54. The van der Waals surface area contributed by atoms with Crippen LogP contribution in [-0.2, 0) is 0 Å². The number of aryl methyl sites for hydroxylation is 1. The summed E-state index contributed by atoms with van der Waals surface area (Å²) in [5, 5.41) is 0. The minimum atomic E-state index is 0.902. The fourth-order valence-electron chi connectivity index (χ4n) is 2.89. The van der Waals surface area contributed by atoms with Gasteiger partial charge in [0.05, 0.1) is 0 Å². The molecule has 1 aliphatic rings. The first-order chi connectivity index (χ1) is 12.2. The van der Waals surface area contributed by atoms with Crippen LogP contribution in [-0.4, -0.2) is 12.3 Å². The molecule has 0 aliphatic carbocycles. The Morgan fingerprint density at radius 1 is 1.16 bits per heavy atom. The summed E-state index contributed by atoms with van der Waals surface area (Å²) in [5.41, 5.74) is 5.01. The van der Waals surface area contributed by atoms with E-state index in [9.17, 15) is 0 Å². The molecule has 3 rings (SSSR count). The van der Waals surface area contributed by atoms with Crippen molar-refractivity contribution in [1.82, 2.24) is 0 Å². The highest BCUT2D eigenvalue weighted by Crippen LogP contribution is 2.36. The van der Waals surface area contributed by atoms with E-state index in [-0.39, 0.29) is 0 Å². The van der Waals surface area contributed by atoms with Crippen LogP contribution in [0.25, 0.3) is 5.57 Å².